The summed E-state index contributed by atoms with van der Waals surface area (Å²) in [4.78, 5) is 18.1. The van der Waals surface area contributed by atoms with Crippen LogP contribution in [0.5, 0.6) is 0 Å². The van der Waals surface area contributed by atoms with Crippen LogP contribution in [0.25, 0.3) is 0 Å². The second-order valence-electron chi connectivity index (χ2n) is 6.21. The van der Waals surface area contributed by atoms with Crippen molar-refractivity contribution in [2.24, 2.45) is 13.0 Å². The smallest absolute Gasteiger partial charge is 0.410 e. The van der Waals surface area contributed by atoms with Crippen LogP contribution in [0.1, 0.15) is 30.3 Å². The molecule has 1 aromatic heterocycles. The van der Waals surface area contributed by atoms with Gasteiger partial charge in [-0.25, -0.2) is 9.78 Å². The zero-order valence-electron chi connectivity index (χ0n) is 13.8. The summed E-state index contributed by atoms with van der Waals surface area (Å²) in [6.07, 6.45) is 4.13. The van der Waals surface area contributed by atoms with E-state index in [1.807, 2.05) is 48.1 Å². The summed E-state index contributed by atoms with van der Waals surface area (Å²) in [5.74, 6) is 0.796. The molecule has 6 nitrogen and oxygen atoms in total. The molecule has 6 heteroatoms. The van der Waals surface area contributed by atoms with E-state index in [2.05, 4.69) is 4.98 Å². The van der Waals surface area contributed by atoms with E-state index in [1.165, 1.54) is 0 Å². The fourth-order valence-corrected chi connectivity index (χ4v) is 3.08. The third-order valence-corrected chi connectivity index (χ3v) is 4.57. The number of hydrogen-bond donors (Lipinski definition) is 1. The summed E-state index contributed by atoms with van der Waals surface area (Å²) >= 11 is 0. The first-order chi connectivity index (χ1) is 11.6. The van der Waals surface area contributed by atoms with Gasteiger partial charge in [-0.15, -0.1) is 0 Å². The quantitative estimate of drug-likeness (QED) is 0.936. The van der Waals surface area contributed by atoms with E-state index in [9.17, 15) is 9.90 Å². The summed E-state index contributed by atoms with van der Waals surface area (Å²) < 4.78 is 7.20. The predicted molar refractivity (Wildman–Crippen MR) is 89.1 cm³/mol. The number of aliphatic hydroxyl groups is 1. The Kier molecular flexibility index (Phi) is 5.15. The Balaban J connectivity index is 1.48. The minimum Gasteiger partial charge on any atom is -0.445 e. The van der Waals surface area contributed by atoms with Crippen LogP contribution in [0.15, 0.2) is 42.7 Å². The normalized spacial score (nSPS) is 16.8. The average Bonchev–Trinajstić information content (AvgIpc) is 3.06. The van der Waals surface area contributed by atoms with Crippen LogP contribution in [0.4, 0.5) is 4.79 Å². The number of benzene rings is 1. The molecular weight excluding hydrogens is 306 g/mol. The molecule has 0 spiro atoms. The van der Waals surface area contributed by atoms with Crippen LogP contribution in [0, 0.1) is 5.92 Å². The topological polar surface area (TPSA) is 67.6 Å². The van der Waals surface area contributed by atoms with E-state index in [1.54, 1.807) is 11.1 Å². The van der Waals surface area contributed by atoms with E-state index in [4.69, 9.17) is 4.74 Å². The number of carbonyl (C=O) groups is 1. The molecule has 1 aromatic carbocycles. The number of imidazole rings is 1. The summed E-state index contributed by atoms with van der Waals surface area (Å²) in [6.45, 7) is 1.48. The molecule has 1 atom stereocenters. The number of aliphatic hydroxyl groups excluding tert-OH is 1. The Labute approximate surface area is 141 Å². The Morgan fingerprint density at radius 3 is 2.67 bits per heavy atom. The fourth-order valence-electron chi connectivity index (χ4n) is 3.08. The third-order valence-electron chi connectivity index (χ3n) is 4.57. The molecular formula is C18H23N3O3. The maximum atomic E-state index is 12.2. The number of amides is 1. The highest BCUT2D eigenvalue weighted by atomic mass is 16.6. The molecule has 0 saturated carbocycles. The molecule has 128 valence electrons. The maximum Gasteiger partial charge on any atom is 0.410 e. The SMILES string of the molecule is Cn1ccnc1C(O)C1CCN(C(=O)OCc2ccccc2)CC1. The van der Waals surface area contributed by atoms with Crippen LogP contribution in [0.2, 0.25) is 0 Å². The van der Waals surface area contributed by atoms with Gasteiger partial charge in [0.25, 0.3) is 0 Å². The van der Waals surface area contributed by atoms with Crippen molar-refractivity contribution in [3.8, 4) is 0 Å². The van der Waals surface area contributed by atoms with Gasteiger partial charge in [-0.1, -0.05) is 30.3 Å². The molecule has 2 aromatic rings. The van der Waals surface area contributed by atoms with Crippen molar-refractivity contribution in [1.29, 1.82) is 0 Å². The van der Waals surface area contributed by atoms with Crippen molar-refractivity contribution in [1.82, 2.24) is 14.5 Å². The number of piperidine rings is 1. The summed E-state index contributed by atoms with van der Waals surface area (Å²) in [5, 5.41) is 10.5. The molecule has 3 rings (SSSR count). The monoisotopic (exact) mass is 329 g/mol. The molecule has 1 unspecified atom stereocenters. The van der Waals surface area contributed by atoms with Crippen LogP contribution in [-0.2, 0) is 18.4 Å². The largest absolute Gasteiger partial charge is 0.445 e. The molecule has 0 aliphatic carbocycles. The molecule has 1 amide bonds. The number of aryl methyl sites for hydroxylation is 1. The lowest BCUT2D eigenvalue weighted by Crippen LogP contribution is -2.40. The van der Waals surface area contributed by atoms with Crippen LogP contribution >= 0.6 is 0 Å². The second kappa shape index (κ2) is 7.49. The van der Waals surface area contributed by atoms with Crippen molar-refractivity contribution in [3.05, 3.63) is 54.1 Å². The van der Waals surface area contributed by atoms with Crippen molar-refractivity contribution in [2.75, 3.05) is 13.1 Å². The van der Waals surface area contributed by atoms with E-state index in [-0.39, 0.29) is 18.6 Å². The number of aromatic nitrogens is 2. The molecule has 24 heavy (non-hydrogen) atoms. The molecule has 1 fully saturated rings. The van der Waals surface area contributed by atoms with Gasteiger partial charge < -0.3 is 19.3 Å². The minimum absolute atomic E-state index is 0.115. The van der Waals surface area contributed by atoms with Gasteiger partial charge in [-0.2, -0.15) is 0 Å². The van der Waals surface area contributed by atoms with Gasteiger partial charge in [0.15, 0.2) is 0 Å². The molecule has 1 saturated heterocycles. The zero-order chi connectivity index (χ0) is 16.9. The standard InChI is InChI=1S/C18H23N3O3/c1-20-12-9-19-17(20)16(22)15-7-10-21(11-8-15)18(23)24-13-14-5-3-2-4-6-14/h2-6,9,12,15-16,22H,7-8,10-11,13H2,1H3. The summed E-state index contributed by atoms with van der Waals surface area (Å²) in [5.41, 5.74) is 0.978. The van der Waals surface area contributed by atoms with E-state index in [0.29, 0.717) is 18.9 Å². The summed E-state index contributed by atoms with van der Waals surface area (Å²) in [7, 11) is 1.88. The van der Waals surface area contributed by atoms with E-state index < -0.39 is 6.10 Å². The predicted octanol–water partition coefficient (Wildman–Crippen LogP) is 2.50. The highest BCUT2D eigenvalue weighted by molar-refractivity contribution is 5.67. The van der Waals surface area contributed by atoms with Crippen LogP contribution < -0.4 is 0 Å². The Morgan fingerprint density at radius 1 is 1.33 bits per heavy atom. The third kappa shape index (κ3) is 3.76. The molecule has 0 radical (unpaired) electrons. The van der Waals surface area contributed by atoms with Gasteiger partial charge in [0.1, 0.15) is 18.5 Å². The number of hydrogen-bond acceptors (Lipinski definition) is 4. The summed E-state index contributed by atoms with van der Waals surface area (Å²) in [6, 6.07) is 9.65. The van der Waals surface area contributed by atoms with Gasteiger partial charge in [-0.3, -0.25) is 0 Å². The van der Waals surface area contributed by atoms with Gasteiger partial charge in [0.05, 0.1) is 0 Å². The van der Waals surface area contributed by atoms with E-state index in [0.717, 1.165) is 18.4 Å². The van der Waals surface area contributed by atoms with Crippen molar-refractivity contribution >= 4 is 6.09 Å². The Hall–Kier alpha value is -2.34. The lowest BCUT2D eigenvalue weighted by atomic mass is 9.91. The number of rotatable bonds is 4. The molecule has 2 heterocycles. The van der Waals surface area contributed by atoms with Crippen LogP contribution in [0.3, 0.4) is 0 Å². The van der Waals surface area contributed by atoms with Crippen molar-refractivity contribution in [3.63, 3.8) is 0 Å². The second-order valence-corrected chi connectivity index (χ2v) is 6.21. The highest BCUT2D eigenvalue weighted by Gasteiger charge is 2.30. The first kappa shape index (κ1) is 16.5. The molecule has 0 bridgehead atoms. The number of carbonyl (C=O) groups excluding carboxylic acids is 1. The van der Waals surface area contributed by atoms with Crippen molar-refractivity contribution in [2.45, 2.75) is 25.6 Å². The fraction of sp³-hybridized carbons (Fsp3) is 0.444. The Bertz CT molecular complexity index is 663. The highest BCUT2D eigenvalue weighted by Crippen LogP contribution is 2.29. The van der Waals surface area contributed by atoms with Gasteiger partial charge >= 0.3 is 6.09 Å². The van der Waals surface area contributed by atoms with E-state index >= 15 is 0 Å². The van der Waals surface area contributed by atoms with Crippen LogP contribution in [-0.4, -0.2) is 38.7 Å². The van der Waals surface area contributed by atoms with Gasteiger partial charge in [-0.05, 0) is 24.3 Å². The van der Waals surface area contributed by atoms with Gasteiger partial charge in [0.2, 0.25) is 0 Å². The zero-order valence-corrected chi connectivity index (χ0v) is 13.8. The molecule has 1 aliphatic rings. The number of ether oxygens (including phenoxy) is 1. The minimum atomic E-state index is -0.590. The number of nitrogens with zero attached hydrogens (tertiary/aromatic N) is 3. The number of likely N-dealkylation sites (tertiary alicyclic amines) is 1. The molecule has 1 aliphatic heterocycles. The first-order valence-corrected chi connectivity index (χ1v) is 8.26. The average molecular weight is 329 g/mol. The van der Waals surface area contributed by atoms with Crippen molar-refractivity contribution < 1.29 is 14.6 Å². The first-order valence-electron chi connectivity index (χ1n) is 8.26. The maximum absolute atomic E-state index is 12.2. The lowest BCUT2D eigenvalue weighted by Gasteiger charge is -2.33. The molecule has 1 N–H and O–H groups in total. The van der Waals surface area contributed by atoms with Gasteiger partial charge in [0, 0.05) is 32.5 Å². The lowest BCUT2D eigenvalue weighted by molar-refractivity contribution is 0.0400. The Morgan fingerprint density at radius 2 is 2.04 bits per heavy atom.